The minimum absolute atomic E-state index is 0.0346. The maximum absolute atomic E-state index is 12.4. The molecule has 1 atom stereocenters. The average molecular weight is 331 g/mol. The van der Waals surface area contributed by atoms with E-state index in [1.54, 1.807) is 0 Å². The molecule has 2 amide bonds. The summed E-state index contributed by atoms with van der Waals surface area (Å²) in [6.07, 6.45) is 7.27. The van der Waals surface area contributed by atoms with Crippen LogP contribution in [0.15, 0.2) is 0 Å². The second-order valence-corrected chi connectivity index (χ2v) is 7.36. The first-order chi connectivity index (χ1) is 11.7. The summed E-state index contributed by atoms with van der Waals surface area (Å²) in [7, 11) is 0. The summed E-state index contributed by atoms with van der Waals surface area (Å²) in [6.45, 7) is 2.74. The number of hydrogen-bond acceptors (Lipinski definition) is 4. The lowest BCUT2D eigenvalue weighted by molar-refractivity contribution is -0.129. The van der Waals surface area contributed by atoms with Gasteiger partial charge in [0.25, 0.3) is 0 Å². The van der Waals surface area contributed by atoms with Gasteiger partial charge in [0.05, 0.1) is 12.5 Å². The molecule has 1 saturated carbocycles. The highest BCUT2D eigenvalue weighted by Gasteiger charge is 2.37. The normalized spacial score (nSPS) is 23.9. The first-order valence-electron chi connectivity index (χ1n) is 9.17. The third-order valence-electron chi connectivity index (χ3n) is 5.37. The maximum atomic E-state index is 12.4. The Balaban J connectivity index is 1.32. The van der Waals surface area contributed by atoms with Crippen LogP contribution >= 0.6 is 0 Å². The quantitative estimate of drug-likeness (QED) is 0.868. The van der Waals surface area contributed by atoms with Crippen molar-refractivity contribution in [1.29, 1.82) is 0 Å². The summed E-state index contributed by atoms with van der Waals surface area (Å²) in [5, 5.41) is 11.5. The molecule has 24 heavy (non-hydrogen) atoms. The Morgan fingerprint density at radius 3 is 2.92 bits per heavy atom. The van der Waals surface area contributed by atoms with Gasteiger partial charge in [0, 0.05) is 32.5 Å². The minimum atomic E-state index is -0.220. The van der Waals surface area contributed by atoms with E-state index in [0.717, 1.165) is 44.0 Å². The van der Waals surface area contributed by atoms with Gasteiger partial charge in [-0.05, 0) is 31.6 Å². The van der Waals surface area contributed by atoms with Gasteiger partial charge in [-0.25, -0.2) is 0 Å². The van der Waals surface area contributed by atoms with E-state index in [-0.39, 0.29) is 17.7 Å². The molecule has 0 bridgehead atoms. The molecule has 0 spiro atoms. The number of aryl methyl sites for hydroxylation is 1. The standard InChI is InChI=1S/C17H25N5O2/c23-16-8-13(11-21(16)10-12-5-6-12)17(24)18-9-15-20-19-14-4-2-1-3-7-22(14)15/h12-13H,1-11H2,(H,18,24)/t13-/m0/s1. The largest absolute Gasteiger partial charge is 0.348 e. The highest BCUT2D eigenvalue weighted by atomic mass is 16.2. The predicted molar refractivity (Wildman–Crippen MR) is 86.8 cm³/mol. The van der Waals surface area contributed by atoms with Crippen LogP contribution in [0.2, 0.25) is 0 Å². The summed E-state index contributed by atoms with van der Waals surface area (Å²) >= 11 is 0. The van der Waals surface area contributed by atoms with Crippen molar-refractivity contribution < 1.29 is 9.59 Å². The van der Waals surface area contributed by atoms with E-state index in [4.69, 9.17) is 0 Å². The van der Waals surface area contributed by atoms with Crippen molar-refractivity contribution in [2.24, 2.45) is 11.8 Å². The van der Waals surface area contributed by atoms with Crippen LogP contribution in [0.3, 0.4) is 0 Å². The molecule has 2 fully saturated rings. The monoisotopic (exact) mass is 331 g/mol. The molecule has 2 aliphatic heterocycles. The molecule has 130 valence electrons. The molecule has 1 aromatic rings. The lowest BCUT2D eigenvalue weighted by Crippen LogP contribution is -2.34. The van der Waals surface area contributed by atoms with E-state index in [9.17, 15) is 9.59 Å². The Morgan fingerprint density at radius 1 is 1.21 bits per heavy atom. The van der Waals surface area contributed by atoms with Crippen LogP contribution in [0.5, 0.6) is 0 Å². The Kier molecular flexibility index (Phi) is 4.24. The van der Waals surface area contributed by atoms with Crippen LogP contribution in [0.4, 0.5) is 0 Å². The van der Waals surface area contributed by atoms with Gasteiger partial charge < -0.3 is 14.8 Å². The molecule has 1 N–H and O–H groups in total. The fraction of sp³-hybridized carbons (Fsp3) is 0.765. The lowest BCUT2D eigenvalue weighted by Gasteiger charge is -2.16. The predicted octanol–water partition coefficient (Wildman–Crippen LogP) is 0.879. The van der Waals surface area contributed by atoms with Gasteiger partial charge in [-0.3, -0.25) is 9.59 Å². The van der Waals surface area contributed by atoms with E-state index >= 15 is 0 Å². The van der Waals surface area contributed by atoms with Crippen molar-refractivity contribution in [2.75, 3.05) is 13.1 Å². The fourth-order valence-electron chi connectivity index (χ4n) is 3.72. The number of rotatable bonds is 5. The average Bonchev–Trinajstić information content (AvgIpc) is 3.27. The molecule has 0 unspecified atom stereocenters. The second kappa shape index (κ2) is 6.53. The van der Waals surface area contributed by atoms with Crippen molar-refractivity contribution >= 4 is 11.8 Å². The molecule has 7 heteroatoms. The molecule has 1 aromatic heterocycles. The summed E-state index contributed by atoms with van der Waals surface area (Å²) in [5.41, 5.74) is 0. The van der Waals surface area contributed by atoms with Crippen molar-refractivity contribution in [3.63, 3.8) is 0 Å². The number of carbonyl (C=O) groups excluding carboxylic acids is 2. The number of hydrogen-bond donors (Lipinski definition) is 1. The molecule has 3 aliphatic rings. The van der Waals surface area contributed by atoms with E-state index in [2.05, 4.69) is 20.1 Å². The summed E-state index contributed by atoms with van der Waals surface area (Å²) in [5.74, 6) is 2.40. The van der Waals surface area contributed by atoms with Gasteiger partial charge in [-0.1, -0.05) is 6.42 Å². The molecule has 3 heterocycles. The van der Waals surface area contributed by atoms with Gasteiger partial charge in [0.1, 0.15) is 5.82 Å². The van der Waals surface area contributed by atoms with E-state index in [1.807, 2.05) is 4.90 Å². The number of aromatic nitrogens is 3. The lowest BCUT2D eigenvalue weighted by atomic mass is 10.1. The van der Waals surface area contributed by atoms with Gasteiger partial charge in [-0.2, -0.15) is 0 Å². The smallest absolute Gasteiger partial charge is 0.225 e. The zero-order valence-corrected chi connectivity index (χ0v) is 14.0. The second-order valence-electron chi connectivity index (χ2n) is 7.36. The molecule has 1 aliphatic carbocycles. The Hall–Kier alpha value is -1.92. The summed E-state index contributed by atoms with van der Waals surface area (Å²) in [4.78, 5) is 26.3. The molecule has 0 aromatic carbocycles. The van der Waals surface area contributed by atoms with E-state index < -0.39 is 0 Å². The van der Waals surface area contributed by atoms with Gasteiger partial charge in [-0.15, -0.1) is 10.2 Å². The van der Waals surface area contributed by atoms with Crippen LogP contribution in [-0.4, -0.2) is 44.6 Å². The third kappa shape index (κ3) is 3.30. The van der Waals surface area contributed by atoms with Crippen molar-refractivity contribution in [3.05, 3.63) is 11.6 Å². The molecular formula is C17H25N5O2. The van der Waals surface area contributed by atoms with E-state index in [0.29, 0.717) is 25.4 Å². The number of fused-ring (bicyclic) bond motifs is 1. The maximum Gasteiger partial charge on any atom is 0.225 e. The zero-order chi connectivity index (χ0) is 16.5. The van der Waals surface area contributed by atoms with Gasteiger partial charge >= 0.3 is 0 Å². The first-order valence-corrected chi connectivity index (χ1v) is 9.17. The van der Waals surface area contributed by atoms with Crippen LogP contribution in [0.1, 0.15) is 50.2 Å². The van der Waals surface area contributed by atoms with Crippen LogP contribution in [0.25, 0.3) is 0 Å². The molecule has 1 saturated heterocycles. The number of amides is 2. The highest BCUT2D eigenvalue weighted by molar-refractivity contribution is 5.89. The molecule has 4 rings (SSSR count). The summed E-state index contributed by atoms with van der Waals surface area (Å²) < 4.78 is 2.15. The molecule has 7 nitrogen and oxygen atoms in total. The minimum Gasteiger partial charge on any atom is -0.348 e. The topological polar surface area (TPSA) is 80.1 Å². The van der Waals surface area contributed by atoms with Crippen molar-refractivity contribution in [1.82, 2.24) is 25.0 Å². The number of nitrogens with one attached hydrogen (secondary N) is 1. The van der Waals surface area contributed by atoms with E-state index in [1.165, 1.54) is 19.3 Å². The van der Waals surface area contributed by atoms with Crippen LogP contribution < -0.4 is 5.32 Å². The van der Waals surface area contributed by atoms with Crippen molar-refractivity contribution in [3.8, 4) is 0 Å². The third-order valence-corrected chi connectivity index (χ3v) is 5.37. The van der Waals surface area contributed by atoms with Crippen LogP contribution in [0, 0.1) is 11.8 Å². The Morgan fingerprint density at radius 2 is 2.08 bits per heavy atom. The zero-order valence-electron chi connectivity index (χ0n) is 14.0. The fourth-order valence-corrected chi connectivity index (χ4v) is 3.72. The van der Waals surface area contributed by atoms with Gasteiger partial charge in [0.2, 0.25) is 11.8 Å². The summed E-state index contributed by atoms with van der Waals surface area (Å²) in [6, 6.07) is 0. The molecule has 0 radical (unpaired) electrons. The number of likely N-dealkylation sites (tertiary alicyclic amines) is 1. The van der Waals surface area contributed by atoms with Gasteiger partial charge in [0.15, 0.2) is 5.82 Å². The molecular weight excluding hydrogens is 306 g/mol. The highest BCUT2D eigenvalue weighted by Crippen LogP contribution is 2.32. The van der Waals surface area contributed by atoms with Crippen LogP contribution in [-0.2, 0) is 29.1 Å². The number of nitrogens with zero attached hydrogens (tertiary/aromatic N) is 4. The first kappa shape index (κ1) is 15.6. The van der Waals surface area contributed by atoms with Crippen molar-refractivity contribution in [2.45, 2.75) is 58.0 Å². The number of carbonyl (C=O) groups is 2. The SMILES string of the molecule is O=C(NCc1nnc2n1CCCCC2)[C@H]1CC(=O)N(CC2CC2)C1. The Labute approximate surface area is 141 Å². The Bertz CT molecular complexity index is 637.